The second-order valence-electron chi connectivity index (χ2n) is 7.95. The van der Waals surface area contributed by atoms with Gasteiger partial charge in [0.1, 0.15) is 11.8 Å². The van der Waals surface area contributed by atoms with Crippen molar-refractivity contribution in [3.8, 4) is 6.07 Å². The minimum Gasteiger partial charge on any atom is -0.331 e. The van der Waals surface area contributed by atoms with Crippen molar-refractivity contribution in [1.29, 1.82) is 5.26 Å². The van der Waals surface area contributed by atoms with E-state index in [0.717, 1.165) is 17.3 Å². The van der Waals surface area contributed by atoms with Gasteiger partial charge in [-0.05, 0) is 50.5 Å². The summed E-state index contributed by atoms with van der Waals surface area (Å²) in [6.45, 7) is 11.0. The number of aromatic nitrogens is 1. The number of nitrogens with zero attached hydrogens (tertiary/aromatic N) is 4. The lowest BCUT2D eigenvalue weighted by atomic mass is 10.0. The number of fused-ring (bicyclic) bond motifs is 1. The van der Waals surface area contributed by atoms with Gasteiger partial charge in [0.25, 0.3) is 0 Å². The van der Waals surface area contributed by atoms with Crippen LogP contribution in [0.3, 0.4) is 0 Å². The van der Waals surface area contributed by atoms with Crippen molar-refractivity contribution >= 4 is 20.9 Å². The summed E-state index contributed by atoms with van der Waals surface area (Å²) in [5.74, 6) is 0. The molecule has 1 saturated heterocycles. The number of aryl methyl sites for hydroxylation is 2. The molecule has 0 N–H and O–H groups in total. The van der Waals surface area contributed by atoms with Crippen LogP contribution in [-0.2, 0) is 23.0 Å². The predicted octanol–water partition coefficient (Wildman–Crippen LogP) is 2.74. The van der Waals surface area contributed by atoms with Gasteiger partial charge in [-0.25, -0.2) is 8.42 Å². The summed E-state index contributed by atoms with van der Waals surface area (Å²) in [7, 11) is -3.17. The fourth-order valence-electron chi connectivity index (χ4n) is 4.44. The van der Waals surface area contributed by atoms with Gasteiger partial charge in [0.15, 0.2) is 0 Å². The quantitative estimate of drug-likeness (QED) is 0.771. The molecule has 0 unspecified atom stereocenters. The molecule has 1 aromatic heterocycles. The van der Waals surface area contributed by atoms with Gasteiger partial charge in [-0.15, -0.1) is 0 Å². The van der Waals surface area contributed by atoms with Gasteiger partial charge in [-0.2, -0.15) is 9.57 Å². The SMILES string of the molecule is CCc1ccc2c(cc(C#N)n2C[C@@H](C)N2CCN(S(C)(=O)=O)[C@@H](C)C2)c1C. The molecule has 0 saturated carbocycles. The third-order valence-corrected chi connectivity index (χ3v) is 7.45. The van der Waals surface area contributed by atoms with Crippen molar-refractivity contribution in [3.63, 3.8) is 0 Å². The highest BCUT2D eigenvalue weighted by Crippen LogP contribution is 2.27. The number of rotatable bonds is 5. The normalized spacial score (nSPS) is 20.4. The molecule has 7 heteroatoms. The van der Waals surface area contributed by atoms with Crippen molar-refractivity contribution in [1.82, 2.24) is 13.8 Å². The van der Waals surface area contributed by atoms with Crippen LogP contribution in [0.15, 0.2) is 18.2 Å². The van der Waals surface area contributed by atoms with Crippen LogP contribution >= 0.6 is 0 Å². The fraction of sp³-hybridized carbons (Fsp3) is 0.571. The molecule has 1 fully saturated rings. The van der Waals surface area contributed by atoms with Crippen LogP contribution in [0.1, 0.15) is 37.6 Å². The molecule has 1 aliphatic heterocycles. The zero-order chi connectivity index (χ0) is 20.6. The monoisotopic (exact) mass is 402 g/mol. The molecule has 0 radical (unpaired) electrons. The Bertz CT molecular complexity index is 1020. The van der Waals surface area contributed by atoms with Crippen LogP contribution < -0.4 is 0 Å². The van der Waals surface area contributed by atoms with Gasteiger partial charge in [-0.3, -0.25) is 4.90 Å². The molecule has 0 spiro atoms. The molecule has 3 rings (SSSR count). The first-order valence-electron chi connectivity index (χ1n) is 9.90. The average molecular weight is 403 g/mol. The van der Waals surface area contributed by atoms with Gasteiger partial charge in [0, 0.05) is 49.2 Å². The van der Waals surface area contributed by atoms with E-state index in [2.05, 4.69) is 48.4 Å². The summed E-state index contributed by atoms with van der Waals surface area (Å²) < 4.78 is 27.5. The van der Waals surface area contributed by atoms with E-state index in [0.29, 0.717) is 31.9 Å². The first kappa shape index (κ1) is 20.8. The van der Waals surface area contributed by atoms with Crippen LogP contribution in [-0.4, -0.2) is 60.2 Å². The third kappa shape index (κ3) is 3.82. The summed E-state index contributed by atoms with van der Waals surface area (Å²) in [6.07, 6.45) is 2.26. The lowest BCUT2D eigenvalue weighted by Crippen LogP contribution is -2.56. The fourth-order valence-corrected chi connectivity index (χ4v) is 5.57. The van der Waals surface area contributed by atoms with Gasteiger partial charge in [-0.1, -0.05) is 13.0 Å². The molecule has 152 valence electrons. The average Bonchev–Trinajstić information content (AvgIpc) is 2.99. The van der Waals surface area contributed by atoms with Crippen LogP contribution in [0.4, 0.5) is 0 Å². The number of piperazine rings is 1. The molecule has 2 aromatic rings. The molecule has 0 aliphatic carbocycles. The molecule has 0 bridgehead atoms. The summed E-state index contributed by atoms with van der Waals surface area (Å²) in [5, 5.41) is 10.8. The zero-order valence-corrected chi connectivity index (χ0v) is 18.3. The van der Waals surface area contributed by atoms with Crippen LogP contribution in [0.2, 0.25) is 0 Å². The Hall–Kier alpha value is -1.88. The minimum atomic E-state index is -3.17. The first-order valence-corrected chi connectivity index (χ1v) is 11.7. The molecular weight excluding hydrogens is 372 g/mol. The minimum absolute atomic E-state index is 0.0441. The maximum Gasteiger partial charge on any atom is 0.211 e. The van der Waals surface area contributed by atoms with Crippen molar-refractivity contribution in [2.75, 3.05) is 25.9 Å². The van der Waals surface area contributed by atoms with Crippen LogP contribution in [0.5, 0.6) is 0 Å². The Morgan fingerprint density at radius 2 is 2.04 bits per heavy atom. The molecule has 2 atom stereocenters. The van der Waals surface area contributed by atoms with Crippen LogP contribution in [0, 0.1) is 18.3 Å². The van der Waals surface area contributed by atoms with E-state index >= 15 is 0 Å². The molecule has 2 heterocycles. The molecule has 1 aliphatic rings. The van der Waals surface area contributed by atoms with E-state index in [9.17, 15) is 13.7 Å². The number of sulfonamides is 1. The van der Waals surface area contributed by atoms with Crippen molar-refractivity contribution in [2.45, 2.75) is 52.7 Å². The van der Waals surface area contributed by atoms with E-state index in [1.807, 2.05) is 13.0 Å². The topological polar surface area (TPSA) is 69.3 Å². The maximum absolute atomic E-state index is 11.9. The smallest absolute Gasteiger partial charge is 0.211 e. The highest BCUT2D eigenvalue weighted by Gasteiger charge is 2.32. The largest absolute Gasteiger partial charge is 0.331 e. The lowest BCUT2D eigenvalue weighted by Gasteiger charge is -2.41. The highest BCUT2D eigenvalue weighted by atomic mass is 32.2. The number of nitriles is 1. The molecule has 1 aromatic carbocycles. The number of hydrogen-bond donors (Lipinski definition) is 0. The van der Waals surface area contributed by atoms with Gasteiger partial charge in [0.2, 0.25) is 10.0 Å². The van der Waals surface area contributed by atoms with Crippen molar-refractivity contribution in [2.24, 2.45) is 0 Å². The van der Waals surface area contributed by atoms with Gasteiger partial charge in [0.05, 0.1) is 6.26 Å². The van der Waals surface area contributed by atoms with Crippen LogP contribution in [0.25, 0.3) is 10.9 Å². The van der Waals surface area contributed by atoms with E-state index < -0.39 is 10.0 Å². The summed E-state index contributed by atoms with van der Waals surface area (Å²) in [5.41, 5.74) is 4.34. The predicted molar refractivity (Wildman–Crippen MR) is 113 cm³/mol. The summed E-state index contributed by atoms with van der Waals surface area (Å²) in [6, 6.07) is 8.80. The molecular formula is C21H30N4O2S. The maximum atomic E-state index is 11.9. The Balaban J connectivity index is 1.85. The molecule has 6 nitrogen and oxygen atoms in total. The van der Waals surface area contributed by atoms with E-state index in [4.69, 9.17) is 0 Å². The Labute approximate surface area is 168 Å². The Kier molecular flexibility index (Phi) is 5.85. The number of benzene rings is 1. The van der Waals surface area contributed by atoms with Crippen molar-refractivity contribution < 1.29 is 8.42 Å². The third-order valence-electron chi connectivity index (χ3n) is 6.06. The standard InChI is InChI=1S/C21H30N4O2S/c1-6-18-7-8-21-20(17(18)4)11-19(12-22)24(21)14-15(2)23-9-10-25(16(3)13-23)28(5,26)27/h7-8,11,15-16H,6,9-10,13-14H2,1-5H3/t15-,16+/m1/s1. The lowest BCUT2D eigenvalue weighted by molar-refractivity contribution is 0.102. The molecule has 28 heavy (non-hydrogen) atoms. The van der Waals surface area contributed by atoms with Gasteiger partial charge >= 0.3 is 0 Å². The Morgan fingerprint density at radius 3 is 2.61 bits per heavy atom. The van der Waals surface area contributed by atoms with E-state index in [-0.39, 0.29) is 12.1 Å². The summed E-state index contributed by atoms with van der Waals surface area (Å²) >= 11 is 0. The van der Waals surface area contributed by atoms with Crippen molar-refractivity contribution in [3.05, 3.63) is 35.0 Å². The number of hydrogen-bond acceptors (Lipinski definition) is 4. The zero-order valence-electron chi connectivity index (χ0n) is 17.4. The van der Waals surface area contributed by atoms with Gasteiger partial charge < -0.3 is 4.57 Å². The summed E-state index contributed by atoms with van der Waals surface area (Å²) in [4.78, 5) is 2.33. The second-order valence-corrected chi connectivity index (χ2v) is 9.89. The van der Waals surface area contributed by atoms with E-state index in [1.165, 1.54) is 17.4 Å². The van der Waals surface area contributed by atoms with E-state index in [1.54, 1.807) is 4.31 Å². The second kappa shape index (κ2) is 7.86. The highest BCUT2D eigenvalue weighted by molar-refractivity contribution is 7.88. The Morgan fingerprint density at radius 1 is 1.32 bits per heavy atom. The first-order chi connectivity index (χ1) is 13.2. The molecule has 0 amide bonds.